The SMILES string of the molecule is C[C@@H](CC(=O)Nc1cccc(F)c1)S(=O)(=O)c1ccc2c(c1)CCN2C(=O)C1CC1. The van der Waals surface area contributed by atoms with Crippen LogP contribution in [0.4, 0.5) is 15.8 Å². The summed E-state index contributed by atoms with van der Waals surface area (Å²) in [6.45, 7) is 2.05. The highest BCUT2D eigenvalue weighted by Crippen LogP contribution is 2.37. The fourth-order valence-electron chi connectivity index (χ4n) is 3.72. The van der Waals surface area contributed by atoms with Gasteiger partial charge in [0.1, 0.15) is 5.82 Å². The lowest BCUT2D eigenvalue weighted by Gasteiger charge is -2.18. The molecule has 1 N–H and O–H groups in total. The average molecular weight is 431 g/mol. The number of benzene rings is 2. The number of carbonyl (C=O) groups excluding carboxylic acids is 2. The van der Waals surface area contributed by atoms with E-state index in [9.17, 15) is 22.4 Å². The van der Waals surface area contributed by atoms with Gasteiger partial charge >= 0.3 is 0 Å². The van der Waals surface area contributed by atoms with Crippen molar-refractivity contribution in [3.63, 3.8) is 0 Å². The Balaban J connectivity index is 1.46. The Hall–Kier alpha value is -2.74. The van der Waals surface area contributed by atoms with Crippen LogP contribution in [-0.2, 0) is 25.8 Å². The number of amides is 2. The van der Waals surface area contributed by atoms with Gasteiger partial charge in [-0.05, 0) is 68.1 Å². The molecule has 2 amide bonds. The second-order valence-corrected chi connectivity index (χ2v) is 10.3. The fraction of sp³-hybridized carbons (Fsp3) is 0.364. The molecule has 0 radical (unpaired) electrons. The highest BCUT2D eigenvalue weighted by molar-refractivity contribution is 7.92. The summed E-state index contributed by atoms with van der Waals surface area (Å²) in [5, 5.41) is 1.58. The molecular formula is C22H23FN2O4S. The first-order valence-corrected chi connectivity index (χ1v) is 11.5. The van der Waals surface area contributed by atoms with Gasteiger partial charge in [0.05, 0.1) is 10.1 Å². The Labute approximate surface area is 175 Å². The van der Waals surface area contributed by atoms with Gasteiger partial charge in [-0.25, -0.2) is 12.8 Å². The summed E-state index contributed by atoms with van der Waals surface area (Å²) in [5.41, 5.74) is 1.89. The quantitative estimate of drug-likeness (QED) is 0.762. The van der Waals surface area contributed by atoms with E-state index in [1.54, 1.807) is 17.0 Å². The zero-order valence-electron chi connectivity index (χ0n) is 16.6. The Kier molecular flexibility index (Phi) is 5.36. The van der Waals surface area contributed by atoms with Crippen molar-refractivity contribution in [2.24, 2.45) is 5.92 Å². The third kappa shape index (κ3) is 4.09. The minimum Gasteiger partial charge on any atom is -0.326 e. The molecule has 2 aromatic rings. The summed E-state index contributed by atoms with van der Waals surface area (Å²) < 4.78 is 39.2. The minimum absolute atomic E-state index is 0.107. The van der Waals surface area contributed by atoms with Crippen molar-refractivity contribution in [3.8, 4) is 0 Å². The molecule has 1 saturated carbocycles. The van der Waals surface area contributed by atoms with Crippen LogP contribution < -0.4 is 10.2 Å². The Bertz CT molecular complexity index is 1110. The zero-order chi connectivity index (χ0) is 21.5. The van der Waals surface area contributed by atoms with Gasteiger partial charge in [0.25, 0.3) is 0 Å². The van der Waals surface area contributed by atoms with Crippen molar-refractivity contribution < 1.29 is 22.4 Å². The molecule has 0 unspecified atom stereocenters. The van der Waals surface area contributed by atoms with Gasteiger partial charge in [0.15, 0.2) is 9.84 Å². The third-order valence-electron chi connectivity index (χ3n) is 5.58. The van der Waals surface area contributed by atoms with Gasteiger partial charge in [-0.3, -0.25) is 9.59 Å². The fourth-order valence-corrected chi connectivity index (χ4v) is 5.12. The highest BCUT2D eigenvalue weighted by Gasteiger charge is 2.37. The van der Waals surface area contributed by atoms with Gasteiger partial charge in [-0.1, -0.05) is 6.07 Å². The third-order valence-corrected chi connectivity index (χ3v) is 7.72. The molecule has 2 aromatic carbocycles. The van der Waals surface area contributed by atoms with Crippen molar-refractivity contribution in [2.75, 3.05) is 16.8 Å². The summed E-state index contributed by atoms with van der Waals surface area (Å²) in [5.74, 6) is -0.761. The van der Waals surface area contributed by atoms with Crippen LogP contribution in [0, 0.1) is 11.7 Å². The van der Waals surface area contributed by atoms with E-state index in [0.717, 1.165) is 24.1 Å². The Morgan fingerprint density at radius 2 is 1.97 bits per heavy atom. The van der Waals surface area contributed by atoms with Gasteiger partial charge in [-0.2, -0.15) is 0 Å². The lowest BCUT2D eigenvalue weighted by atomic mass is 10.2. The molecule has 2 aliphatic rings. The molecule has 4 rings (SSSR count). The predicted octanol–water partition coefficient (Wildman–Crippen LogP) is 3.32. The van der Waals surface area contributed by atoms with Crippen LogP contribution >= 0.6 is 0 Å². The molecule has 30 heavy (non-hydrogen) atoms. The molecule has 1 atom stereocenters. The van der Waals surface area contributed by atoms with Crippen molar-refractivity contribution in [3.05, 3.63) is 53.8 Å². The van der Waals surface area contributed by atoms with E-state index in [0.29, 0.717) is 13.0 Å². The summed E-state index contributed by atoms with van der Waals surface area (Å²) in [7, 11) is -3.74. The molecule has 158 valence electrons. The van der Waals surface area contributed by atoms with E-state index in [2.05, 4.69) is 5.32 Å². The van der Waals surface area contributed by atoms with Gasteiger partial charge < -0.3 is 10.2 Å². The second-order valence-electron chi connectivity index (χ2n) is 7.92. The van der Waals surface area contributed by atoms with Crippen LogP contribution in [0.25, 0.3) is 0 Å². The van der Waals surface area contributed by atoms with E-state index in [1.165, 1.54) is 37.3 Å². The van der Waals surface area contributed by atoms with Crippen LogP contribution in [0.2, 0.25) is 0 Å². The molecule has 8 heteroatoms. The van der Waals surface area contributed by atoms with Crippen molar-refractivity contribution in [1.82, 2.24) is 0 Å². The van der Waals surface area contributed by atoms with E-state index in [4.69, 9.17) is 0 Å². The number of nitrogens with one attached hydrogen (secondary N) is 1. The molecule has 6 nitrogen and oxygen atoms in total. The first kappa shape index (κ1) is 20.5. The number of anilines is 2. The topological polar surface area (TPSA) is 83.6 Å². The zero-order valence-corrected chi connectivity index (χ0v) is 17.4. The molecule has 0 bridgehead atoms. The van der Waals surface area contributed by atoms with E-state index in [-0.39, 0.29) is 28.8 Å². The lowest BCUT2D eigenvalue weighted by Crippen LogP contribution is -2.30. The van der Waals surface area contributed by atoms with Crippen LogP contribution in [0.3, 0.4) is 0 Å². The summed E-state index contributed by atoms with van der Waals surface area (Å²) >= 11 is 0. The first-order valence-electron chi connectivity index (χ1n) is 9.99. The number of fused-ring (bicyclic) bond motifs is 1. The Morgan fingerprint density at radius 3 is 2.67 bits per heavy atom. The van der Waals surface area contributed by atoms with Gasteiger partial charge in [0.2, 0.25) is 11.8 Å². The average Bonchev–Trinajstić information content (AvgIpc) is 3.46. The smallest absolute Gasteiger partial charge is 0.230 e. The van der Waals surface area contributed by atoms with Crippen LogP contribution in [0.1, 0.15) is 31.7 Å². The minimum atomic E-state index is -3.74. The maximum atomic E-state index is 13.3. The standard InChI is InChI=1S/C22H23FN2O4S/c1-14(11-21(26)24-18-4-2-3-17(23)13-18)30(28,29)19-7-8-20-16(12-19)9-10-25(20)22(27)15-5-6-15/h2-4,7-8,12-15H,5-6,9-11H2,1H3,(H,24,26)/t14-/m0/s1. The summed E-state index contributed by atoms with van der Waals surface area (Å²) in [6, 6.07) is 10.2. The normalized spacial score (nSPS) is 16.8. The molecule has 0 spiro atoms. The maximum absolute atomic E-state index is 13.3. The number of hydrogen-bond donors (Lipinski definition) is 1. The molecular weight excluding hydrogens is 407 g/mol. The van der Waals surface area contributed by atoms with E-state index in [1.807, 2.05) is 0 Å². The van der Waals surface area contributed by atoms with Crippen molar-refractivity contribution in [2.45, 2.75) is 42.8 Å². The first-order chi connectivity index (χ1) is 14.3. The number of hydrogen-bond acceptors (Lipinski definition) is 4. The number of nitrogens with zero attached hydrogens (tertiary/aromatic N) is 1. The van der Waals surface area contributed by atoms with Crippen LogP contribution in [0.15, 0.2) is 47.4 Å². The molecule has 1 heterocycles. The summed E-state index contributed by atoms with van der Waals surface area (Å²) in [6.07, 6.45) is 2.21. The number of rotatable bonds is 6. The molecule has 0 aromatic heterocycles. The molecule has 1 aliphatic carbocycles. The van der Waals surface area contributed by atoms with Crippen molar-refractivity contribution in [1.29, 1.82) is 0 Å². The van der Waals surface area contributed by atoms with Crippen molar-refractivity contribution >= 4 is 33.0 Å². The summed E-state index contributed by atoms with van der Waals surface area (Å²) in [4.78, 5) is 26.5. The predicted molar refractivity (Wildman–Crippen MR) is 112 cm³/mol. The van der Waals surface area contributed by atoms with Gasteiger partial charge in [-0.15, -0.1) is 0 Å². The van der Waals surface area contributed by atoms with E-state index < -0.39 is 26.8 Å². The van der Waals surface area contributed by atoms with E-state index >= 15 is 0 Å². The number of carbonyl (C=O) groups is 2. The molecule has 0 saturated heterocycles. The van der Waals surface area contributed by atoms with Gasteiger partial charge in [0, 0.05) is 30.3 Å². The second kappa shape index (κ2) is 7.83. The molecule has 1 fully saturated rings. The maximum Gasteiger partial charge on any atom is 0.230 e. The highest BCUT2D eigenvalue weighted by atomic mass is 32.2. The number of halogens is 1. The lowest BCUT2D eigenvalue weighted by molar-refractivity contribution is -0.119. The Morgan fingerprint density at radius 1 is 1.20 bits per heavy atom. The van der Waals surface area contributed by atoms with Crippen LogP contribution in [0.5, 0.6) is 0 Å². The molecule has 1 aliphatic heterocycles. The monoisotopic (exact) mass is 430 g/mol. The number of sulfone groups is 1. The van der Waals surface area contributed by atoms with Crippen LogP contribution in [-0.4, -0.2) is 32.0 Å². The largest absolute Gasteiger partial charge is 0.326 e.